The summed E-state index contributed by atoms with van der Waals surface area (Å²) < 4.78 is 23.0. The number of carbonyl (C=O) groups is 1. The summed E-state index contributed by atoms with van der Waals surface area (Å²) in [4.78, 5) is 25.1. The summed E-state index contributed by atoms with van der Waals surface area (Å²) >= 11 is 0. The van der Waals surface area contributed by atoms with Gasteiger partial charge in [0.1, 0.15) is 13.2 Å². The van der Waals surface area contributed by atoms with Crippen molar-refractivity contribution in [3.63, 3.8) is 0 Å². The standard InChI is InChI=1S/C50H89N2O6P/c1-6-8-10-12-13-14-15-16-17-18-19-20-21-22-23-24-25-26-27-28-29-30-31-32-33-34-35-36-37-38-39-40-42-44-50(54)51-48(49(53)43-41-11-9-7-2)47-58-59(55,56)57-46-45-52(3,4)5/h8,10,13-14,16-17,19-20,22-23,25-26,28-29,48-49,53H,6-7,9,11-12,15,18,21,24,27,30-47H2,1-5H3,(H-,51,54,55,56)/b10-8-,14-13-,17-16-,20-19-,23-22-,26-25-,29-28-. The van der Waals surface area contributed by atoms with Crippen LogP contribution in [0.3, 0.4) is 0 Å². The molecule has 0 aromatic rings. The van der Waals surface area contributed by atoms with Crippen LogP contribution in [0.25, 0.3) is 0 Å². The van der Waals surface area contributed by atoms with E-state index in [4.69, 9.17) is 9.05 Å². The van der Waals surface area contributed by atoms with E-state index in [-0.39, 0.29) is 19.1 Å². The minimum atomic E-state index is -4.55. The van der Waals surface area contributed by atoms with Gasteiger partial charge in [-0.15, -0.1) is 0 Å². The van der Waals surface area contributed by atoms with Crippen molar-refractivity contribution in [2.75, 3.05) is 40.9 Å². The van der Waals surface area contributed by atoms with E-state index in [1.54, 1.807) is 0 Å². The third-order valence-corrected chi connectivity index (χ3v) is 10.9. The van der Waals surface area contributed by atoms with E-state index >= 15 is 0 Å². The number of phosphoric acid groups is 1. The quantitative estimate of drug-likeness (QED) is 0.0275. The minimum absolute atomic E-state index is 0.00657. The van der Waals surface area contributed by atoms with Crippen molar-refractivity contribution in [2.45, 2.75) is 187 Å². The van der Waals surface area contributed by atoms with Crippen LogP contribution < -0.4 is 10.2 Å². The van der Waals surface area contributed by atoms with Gasteiger partial charge in [0.25, 0.3) is 7.82 Å². The number of carbonyl (C=O) groups excluding carboxylic acids is 1. The zero-order valence-corrected chi connectivity index (χ0v) is 39.3. The molecule has 0 aromatic carbocycles. The Bertz CT molecular complexity index is 1230. The van der Waals surface area contributed by atoms with Crippen LogP contribution >= 0.6 is 7.82 Å². The third kappa shape index (κ3) is 43.6. The Kier molecular flexibility index (Phi) is 39.4. The first kappa shape index (κ1) is 56.7. The molecule has 0 aliphatic heterocycles. The van der Waals surface area contributed by atoms with Crippen molar-refractivity contribution in [1.29, 1.82) is 0 Å². The number of unbranched alkanes of at least 4 members (excludes halogenated alkanes) is 14. The minimum Gasteiger partial charge on any atom is -0.756 e. The van der Waals surface area contributed by atoms with E-state index in [1.807, 2.05) is 21.1 Å². The summed E-state index contributed by atoms with van der Waals surface area (Å²) in [5, 5.41) is 13.6. The van der Waals surface area contributed by atoms with Crippen molar-refractivity contribution in [3.05, 3.63) is 85.1 Å². The van der Waals surface area contributed by atoms with Crippen LogP contribution in [0.5, 0.6) is 0 Å². The third-order valence-electron chi connectivity index (χ3n) is 9.90. The van der Waals surface area contributed by atoms with Gasteiger partial charge >= 0.3 is 0 Å². The molecule has 0 bridgehead atoms. The van der Waals surface area contributed by atoms with Crippen LogP contribution in [-0.4, -0.2) is 68.5 Å². The van der Waals surface area contributed by atoms with E-state index in [1.165, 1.54) is 57.8 Å². The highest BCUT2D eigenvalue weighted by atomic mass is 31.2. The number of rotatable bonds is 41. The predicted octanol–water partition coefficient (Wildman–Crippen LogP) is 12.7. The summed E-state index contributed by atoms with van der Waals surface area (Å²) in [5.41, 5.74) is 0. The van der Waals surface area contributed by atoms with E-state index in [9.17, 15) is 19.4 Å². The number of hydrogen-bond acceptors (Lipinski definition) is 6. The van der Waals surface area contributed by atoms with E-state index in [0.29, 0.717) is 23.9 Å². The van der Waals surface area contributed by atoms with Crippen LogP contribution in [0.2, 0.25) is 0 Å². The number of allylic oxidation sites excluding steroid dienone is 14. The van der Waals surface area contributed by atoms with Crippen LogP contribution in [0, 0.1) is 0 Å². The Morgan fingerprint density at radius 3 is 1.49 bits per heavy atom. The van der Waals surface area contributed by atoms with E-state index < -0.39 is 20.0 Å². The average molecular weight is 845 g/mol. The maximum atomic E-state index is 12.7. The molecule has 0 fully saturated rings. The summed E-state index contributed by atoms with van der Waals surface area (Å²) in [6.07, 6.45) is 56.7. The predicted molar refractivity (Wildman–Crippen MR) is 251 cm³/mol. The molecule has 8 nitrogen and oxygen atoms in total. The number of amides is 1. The molecule has 3 atom stereocenters. The lowest BCUT2D eigenvalue weighted by molar-refractivity contribution is -0.870. The fraction of sp³-hybridized carbons (Fsp3) is 0.700. The first-order valence-electron chi connectivity index (χ1n) is 23.4. The normalized spacial score (nSPS) is 15.0. The second-order valence-corrected chi connectivity index (χ2v) is 18.1. The van der Waals surface area contributed by atoms with Crippen molar-refractivity contribution in [3.8, 4) is 0 Å². The molecule has 1 amide bonds. The number of likely N-dealkylation sites (N-methyl/N-ethyl adjacent to an activating group) is 1. The molecule has 59 heavy (non-hydrogen) atoms. The molecule has 9 heteroatoms. The molecule has 0 saturated heterocycles. The van der Waals surface area contributed by atoms with Crippen molar-refractivity contribution in [2.24, 2.45) is 0 Å². The molecule has 0 heterocycles. The Morgan fingerprint density at radius 2 is 1.03 bits per heavy atom. The monoisotopic (exact) mass is 845 g/mol. The van der Waals surface area contributed by atoms with Gasteiger partial charge in [-0.1, -0.05) is 182 Å². The fourth-order valence-corrected chi connectivity index (χ4v) is 6.92. The molecule has 0 rings (SSSR count). The summed E-state index contributed by atoms with van der Waals surface area (Å²) in [6, 6.07) is -0.802. The molecular weight excluding hydrogens is 756 g/mol. The van der Waals surface area contributed by atoms with Crippen LogP contribution in [0.15, 0.2) is 85.1 Å². The number of hydrogen-bond donors (Lipinski definition) is 2. The maximum absolute atomic E-state index is 12.7. The van der Waals surface area contributed by atoms with Gasteiger partial charge in [0.05, 0.1) is 39.9 Å². The van der Waals surface area contributed by atoms with Gasteiger partial charge in [-0.25, -0.2) is 0 Å². The largest absolute Gasteiger partial charge is 0.756 e. The van der Waals surface area contributed by atoms with Gasteiger partial charge < -0.3 is 28.8 Å². The Balaban J connectivity index is 3.91. The average Bonchev–Trinajstić information content (AvgIpc) is 3.19. The lowest BCUT2D eigenvalue weighted by Crippen LogP contribution is -2.46. The highest BCUT2D eigenvalue weighted by Crippen LogP contribution is 2.38. The Morgan fingerprint density at radius 1 is 0.610 bits per heavy atom. The van der Waals surface area contributed by atoms with Gasteiger partial charge in [0, 0.05) is 6.42 Å². The molecule has 0 spiro atoms. The van der Waals surface area contributed by atoms with Crippen LogP contribution in [0.4, 0.5) is 0 Å². The molecule has 2 N–H and O–H groups in total. The first-order valence-corrected chi connectivity index (χ1v) is 24.9. The van der Waals surface area contributed by atoms with Gasteiger partial charge in [-0.3, -0.25) is 9.36 Å². The molecule has 340 valence electrons. The number of aliphatic hydroxyl groups excluding tert-OH is 1. The second kappa shape index (κ2) is 41.1. The molecule has 3 unspecified atom stereocenters. The number of nitrogens with zero attached hydrogens (tertiary/aromatic N) is 1. The second-order valence-electron chi connectivity index (χ2n) is 16.7. The molecule has 0 aromatic heterocycles. The van der Waals surface area contributed by atoms with Gasteiger partial charge in [-0.05, 0) is 70.6 Å². The van der Waals surface area contributed by atoms with Crippen molar-refractivity contribution in [1.82, 2.24) is 5.32 Å². The smallest absolute Gasteiger partial charge is 0.268 e. The van der Waals surface area contributed by atoms with Gasteiger partial charge in [0.15, 0.2) is 0 Å². The summed E-state index contributed by atoms with van der Waals surface area (Å²) in [6.45, 7) is 4.45. The lowest BCUT2D eigenvalue weighted by Gasteiger charge is -2.30. The lowest BCUT2D eigenvalue weighted by atomic mass is 10.0. The number of phosphoric ester groups is 1. The zero-order chi connectivity index (χ0) is 43.6. The zero-order valence-electron chi connectivity index (χ0n) is 38.4. The van der Waals surface area contributed by atoms with E-state index in [2.05, 4.69) is 104 Å². The van der Waals surface area contributed by atoms with E-state index in [0.717, 1.165) is 89.9 Å². The number of quaternary nitrogens is 1. The van der Waals surface area contributed by atoms with Gasteiger partial charge in [0.2, 0.25) is 5.91 Å². The topological polar surface area (TPSA) is 108 Å². The number of aliphatic hydroxyl groups is 1. The van der Waals surface area contributed by atoms with Gasteiger partial charge in [-0.2, -0.15) is 0 Å². The van der Waals surface area contributed by atoms with Crippen molar-refractivity contribution < 1.29 is 32.9 Å². The Hall–Kier alpha value is -2.32. The molecule has 0 saturated carbocycles. The number of nitrogens with one attached hydrogen (secondary N) is 1. The molecule has 0 aliphatic carbocycles. The highest BCUT2D eigenvalue weighted by Gasteiger charge is 2.24. The molecular formula is C50H89N2O6P. The Labute approximate surface area is 363 Å². The fourth-order valence-electron chi connectivity index (χ4n) is 6.19. The maximum Gasteiger partial charge on any atom is 0.268 e. The van der Waals surface area contributed by atoms with Crippen LogP contribution in [-0.2, 0) is 18.4 Å². The molecule has 0 radical (unpaired) electrons. The SMILES string of the molecule is CC/C=C\C/C=C\C/C=C\C/C=C\C/C=C\C/C=C\C/C=C\CCCCCCCCCCCCCC(=O)NC(COP(=O)([O-])OCC[N+](C)(C)C)C(O)CCCCCC. The van der Waals surface area contributed by atoms with Crippen LogP contribution in [0.1, 0.15) is 174 Å². The van der Waals surface area contributed by atoms with Crippen molar-refractivity contribution >= 4 is 13.7 Å². The highest BCUT2D eigenvalue weighted by molar-refractivity contribution is 7.45. The summed E-state index contributed by atoms with van der Waals surface area (Å²) in [5.74, 6) is -0.182. The summed E-state index contributed by atoms with van der Waals surface area (Å²) in [7, 11) is 1.28. The first-order chi connectivity index (χ1) is 28.5. The molecule has 0 aliphatic rings.